The van der Waals surface area contributed by atoms with Gasteiger partial charge in [0, 0.05) is 19.1 Å². The summed E-state index contributed by atoms with van der Waals surface area (Å²) in [6.07, 6.45) is 6.18. The lowest BCUT2D eigenvalue weighted by Gasteiger charge is -2.36. The van der Waals surface area contributed by atoms with Crippen molar-refractivity contribution in [2.75, 3.05) is 26.2 Å². The van der Waals surface area contributed by atoms with Crippen molar-refractivity contribution < 1.29 is 9.53 Å². The predicted octanol–water partition coefficient (Wildman–Crippen LogP) is 1.40. The minimum absolute atomic E-state index is 0.116. The molecule has 1 N–H and O–H groups in total. The van der Waals surface area contributed by atoms with E-state index in [1.54, 1.807) is 0 Å². The van der Waals surface area contributed by atoms with E-state index in [1.807, 2.05) is 0 Å². The van der Waals surface area contributed by atoms with Crippen LogP contribution in [0.15, 0.2) is 0 Å². The minimum atomic E-state index is 0.116. The zero-order valence-corrected chi connectivity index (χ0v) is 11.9. The maximum absolute atomic E-state index is 12.5. The van der Waals surface area contributed by atoms with Crippen LogP contribution in [0.1, 0.15) is 39.0 Å². The molecule has 4 unspecified atom stereocenters. The first-order valence-electron chi connectivity index (χ1n) is 7.88. The molecular formula is C15H26N2O2. The van der Waals surface area contributed by atoms with Gasteiger partial charge in [0.1, 0.15) is 0 Å². The Bertz CT molecular complexity index is 328. The molecule has 3 heterocycles. The highest BCUT2D eigenvalue weighted by Gasteiger charge is 2.35. The Kier molecular flexibility index (Phi) is 4.08. The van der Waals surface area contributed by atoms with Crippen LogP contribution in [-0.4, -0.2) is 49.2 Å². The van der Waals surface area contributed by atoms with Gasteiger partial charge in [0.2, 0.25) is 5.91 Å². The summed E-state index contributed by atoms with van der Waals surface area (Å²) in [5.74, 6) is 1.12. The number of hydrogen-bond donors (Lipinski definition) is 1. The third kappa shape index (κ3) is 2.95. The number of likely N-dealkylation sites (tertiary alicyclic amines) is 1. The topological polar surface area (TPSA) is 41.6 Å². The van der Waals surface area contributed by atoms with Gasteiger partial charge in [-0.25, -0.2) is 0 Å². The number of rotatable bonds is 2. The van der Waals surface area contributed by atoms with Gasteiger partial charge in [-0.15, -0.1) is 0 Å². The Morgan fingerprint density at radius 1 is 1.32 bits per heavy atom. The minimum Gasteiger partial charge on any atom is -0.378 e. The van der Waals surface area contributed by atoms with Crippen LogP contribution in [0.5, 0.6) is 0 Å². The van der Waals surface area contributed by atoms with Gasteiger partial charge < -0.3 is 15.0 Å². The summed E-state index contributed by atoms with van der Waals surface area (Å²) in [4.78, 5) is 14.6. The van der Waals surface area contributed by atoms with E-state index in [-0.39, 0.29) is 12.0 Å². The molecule has 0 aromatic rings. The van der Waals surface area contributed by atoms with Gasteiger partial charge in [-0.05, 0) is 51.5 Å². The van der Waals surface area contributed by atoms with E-state index in [0.717, 1.165) is 32.5 Å². The molecule has 4 atom stereocenters. The van der Waals surface area contributed by atoms with Crippen molar-refractivity contribution in [1.82, 2.24) is 10.2 Å². The average molecular weight is 266 g/mol. The highest BCUT2D eigenvalue weighted by molar-refractivity contribution is 5.79. The third-order valence-electron chi connectivity index (χ3n) is 4.98. The molecule has 0 aromatic heterocycles. The Balaban J connectivity index is 1.56. The molecule has 4 nitrogen and oxygen atoms in total. The van der Waals surface area contributed by atoms with E-state index < -0.39 is 0 Å². The fourth-order valence-corrected chi connectivity index (χ4v) is 3.90. The third-order valence-corrected chi connectivity index (χ3v) is 4.98. The molecular weight excluding hydrogens is 240 g/mol. The van der Waals surface area contributed by atoms with Gasteiger partial charge in [0.25, 0.3) is 0 Å². The molecule has 3 aliphatic heterocycles. The maximum atomic E-state index is 12.5. The number of piperidine rings is 1. The molecule has 3 aliphatic rings. The van der Waals surface area contributed by atoms with Crippen LogP contribution in [0.3, 0.4) is 0 Å². The zero-order chi connectivity index (χ0) is 13.2. The van der Waals surface area contributed by atoms with E-state index in [4.69, 9.17) is 4.74 Å². The number of ether oxygens (including phenoxy) is 1. The number of carbonyl (C=O) groups excluding carboxylic acids is 1. The number of amides is 1. The predicted molar refractivity (Wildman–Crippen MR) is 73.8 cm³/mol. The van der Waals surface area contributed by atoms with Crippen molar-refractivity contribution in [3.8, 4) is 0 Å². The van der Waals surface area contributed by atoms with Gasteiger partial charge >= 0.3 is 0 Å². The molecule has 0 bridgehead atoms. The summed E-state index contributed by atoms with van der Waals surface area (Å²) in [6, 6.07) is 0.648. The van der Waals surface area contributed by atoms with Crippen LogP contribution in [0.25, 0.3) is 0 Å². The Morgan fingerprint density at radius 2 is 2.21 bits per heavy atom. The summed E-state index contributed by atoms with van der Waals surface area (Å²) < 4.78 is 5.54. The second kappa shape index (κ2) is 5.80. The van der Waals surface area contributed by atoms with Crippen molar-refractivity contribution in [2.24, 2.45) is 11.8 Å². The molecule has 1 amide bonds. The second-order valence-corrected chi connectivity index (χ2v) is 6.47. The summed E-state index contributed by atoms with van der Waals surface area (Å²) in [6.45, 7) is 5.76. The number of nitrogens with one attached hydrogen (secondary N) is 1. The first-order valence-corrected chi connectivity index (χ1v) is 7.88. The second-order valence-electron chi connectivity index (χ2n) is 6.47. The summed E-state index contributed by atoms with van der Waals surface area (Å²) in [7, 11) is 0. The van der Waals surface area contributed by atoms with E-state index in [9.17, 15) is 4.79 Å². The fraction of sp³-hybridized carbons (Fsp3) is 0.933. The van der Waals surface area contributed by atoms with Crippen molar-refractivity contribution in [3.63, 3.8) is 0 Å². The number of carbonyl (C=O) groups is 1. The van der Waals surface area contributed by atoms with Crippen LogP contribution < -0.4 is 5.32 Å². The van der Waals surface area contributed by atoms with Crippen LogP contribution in [-0.2, 0) is 9.53 Å². The lowest BCUT2D eigenvalue weighted by molar-refractivity contribution is -0.137. The zero-order valence-electron chi connectivity index (χ0n) is 11.9. The van der Waals surface area contributed by atoms with Crippen molar-refractivity contribution >= 4 is 5.91 Å². The smallest absolute Gasteiger partial charge is 0.228 e. The van der Waals surface area contributed by atoms with Gasteiger partial charge in [0.05, 0.1) is 18.6 Å². The van der Waals surface area contributed by atoms with Crippen LogP contribution in [0.2, 0.25) is 0 Å². The monoisotopic (exact) mass is 266 g/mol. The van der Waals surface area contributed by atoms with Gasteiger partial charge in [0.15, 0.2) is 0 Å². The van der Waals surface area contributed by atoms with E-state index in [2.05, 4.69) is 17.1 Å². The molecule has 0 saturated carbocycles. The summed E-state index contributed by atoms with van der Waals surface area (Å²) in [5, 5.41) is 3.60. The SMILES string of the molecule is CC1CC(C(=O)N2CCCC(C3CCCN3)C2)CO1. The molecule has 0 aliphatic carbocycles. The Hall–Kier alpha value is -0.610. The van der Waals surface area contributed by atoms with Crippen LogP contribution >= 0.6 is 0 Å². The van der Waals surface area contributed by atoms with Gasteiger partial charge in [-0.2, -0.15) is 0 Å². The quantitative estimate of drug-likeness (QED) is 0.821. The number of nitrogens with zero attached hydrogens (tertiary/aromatic N) is 1. The molecule has 3 fully saturated rings. The van der Waals surface area contributed by atoms with E-state index >= 15 is 0 Å². The lowest BCUT2D eigenvalue weighted by Crippen LogP contribution is -2.47. The normalized spacial score (nSPS) is 39.7. The molecule has 0 spiro atoms. The Morgan fingerprint density at radius 3 is 2.89 bits per heavy atom. The lowest BCUT2D eigenvalue weighted by atomic mass is 9.89. The largest absolute Gasteiger partial charge is 0.378 e. The Labute approximate surface area is 115 Å². The molecule has 4 heteroatoms. The van der Waals surface area contributed by atoms with Crippen LogP contribution in [0.4, 0.5) is 0 Å². The molecule has 0 radical (unpaired) electrons. The van der Waals surface area contributed by atoms with Crippen molar-refractivity contribution in [1.29, 1.82) is 0 Å². The number of hydrogen-bond acceptors (Lipinski definition) is 3. The van der Waals surface area contributed by atoms with Crippen LogP contribution in [0, 0.1) is 11.8 Å². The molecule has 0 aromatic carbocycles. The molecule has 3 rings (SSSR count). The molecule has 108 valence electrons. The van der Waals surface area contributed by atoms with E-state index in [0.29, 0.717) is 24.5 Å². The van der Waals surface area contributed by atoms with Crippen molar-refractivity contribution in [3.05, 3.63) is 0 Å². The highest BCUT2D eigenvalue weighted by atomic mass is 16.5. The van der Waals surface area contributed by atoms with Gasteiger partial charge in [-0.3, -0.25) is 4.79 Å². The average Bonchev–Trinajstić information content (AvgIpc) is 3.09. The van der Waals surface area contributed by atoms with E-state index in [1.165, 1.54) is 19.3 Å². The van der Waals surface area contributed by atoms with Crippen molar-refractivity contribution in [2.45, 2.75) is 51.2 Å². The first-order chi connectivity index (χ1) is 9.24. The standard InChI is InChI=1S/C15H26N2O2/c1-11-8-13(10-19-11)15(18)17-7-3-4-12(9-17)14-5-2-6-16-14/h11-14,16H,2-10H2,1H3. The summed E-state index contributed by atoms with van der Waals surface area (Å²) >= 11 is 0. The first kappa shape index (κ1) is 13.4. The fourth-order valence-electron chi connectivity index (χ4n) is 3.90. The highest BCUT2D eigenvalue weighted by Crippen LogP contribution is 2.28. The van der Waals surface area contributed by atoms with Gasteiger partial charge in [-0.1, -0.05) is 0 Å². The summed E-state index contributed by atoms with van der Waals surface area (Å²) in [5.41, 5.74) is 0. The molecule has 19 heavy (non-hydrogen) atoms. The molecule has 3 saturated heterocycles. The maximum Gasteiger partial charge on any atom is 0.228 e.